The lowest BCUT2D eigenvalue weighted by molar-refractivity contribution is 1.27. The van der Waals surface area contributed by atoms with E-state index in [1.54, 1.807) is 0 Å². The highest BCUT2D eigenvalue weighted by molar-refractivity contribution is 6.13. The number of rotatable bonds is 2. The summed E-state index contributed by atoms with van der Waals surface area (Å²) in [7, 11) is 0. The third-order valence-corrected chi connectivity index (χ3v) is 6.09. The highest BCUT2D eigenvalue weighted by Gasteiger charge is 2.23. The molecule has 144 valence electrons. The van der Waals surface area contributed by atoms with Crippen LogP contribution in [-0.2, 0) is 6.42 Å². The lowest BCUT2D eigenvalue weighted by atomic mass is 9.86. The molecule has 1 aliphatic rings. The van der Waals surface area contributed by atoms with Gasteiger partial charge in [0.25, 0.3) is 0 Å². The lowest BCUT2D eigenvalue weighted by Crippen LogP contribution is -1.91. The molecule has 0 fully saturated rings. The standard InChI is InChI=1S/C29H20.H3N/c1-3-9-20(10-4-1)26-18-17-22-15-16-24-19-23-13-7-8-14-25(23)28(24)29(22)27(26)21-11-5-2-6-12-21;/h1-18H,19H2;1H3. The van der Waals surface area contributed by atoms with Crippen LogP contribution >= 0.6 is 0 Å². The van der Waals surface area contributed by atoms with E-state index >= 15 is 0 Å². The summed E-state index contributed by atoms with van der Waals surface area (Å²) in [6, 6.07) is 39.6. The van der Waals surface area contributed by atoms with Crippen LogP contribution in [0, 0.1) is 0 Å². The summed E-state index contributed by atoms with van der Waals surface area (Å²) in [6.07, 6.45) is 1.02. The third kappa shape index (κ3) is 2.75. The molecule has 3 N–H and O–H groups in total. The van der Waals surface area contributed by atoms with Crippen molar-refractivity contribution in [2.75, 3.05) is 0 Å². The van der Waals surface area contributed by atoms with Crippen molar-refractivity contribution in [3.8, 4) is 33.4 Å². The molecule has 1 nitrogen and oxygen atoms in total. The van der Waals surface area contributed by atoms with E-state index in [1.807, 2.05) is 0 Å². The fourth-order valence-electron chi connectivity index (χ4n) is 4.80. The summed E-state index contributed by atoms with van der Waals surface area (Å²) in [6.45, 7) is 0. The molecular weight excluding hydrogens is 362 g/mol. The van der Waals surface area contributed by atoms with Gasteiger partial charge in [-0.25, -0.2) is 0 Å². The average Bonchev–Trinajstić information content (AvgIpc) is 3.18. The summed E-state index contributed by atoms with van der Waals surface area (Å²) < 4.78 is 0. The molecule has 0 unspecified atom stereocenters. The second kappa shape index (κ2) is 7.29. The first-order chi connectivity index (χ1) is 14.4. The molecule has 0 spiro atoms. The third-order valence-electron chi connectivity index (χ3n) is 6.09. The quantitative estimate of drug-likeness (QED) is 0.323. The van der Waals surface area contributed by atoms with E-state index in [9.17, 15) is 0 Å². The van der Waals surface area contributed by atoms with Gasteiger partial charge in [0, 0.05) is 0 Å². The maximum absolute atomic E-state index is 2.31. The highest BCUT2D eigenvalue weighted by Crippen LogP contribution is 2.47. The van der Waals surface area contributed by atoms with Crippen molar-refractivity contribution in [3.05, 3.63) is 120 Å². The molecule has 0 saturated carbocycles. The fraction of sp³-hybridized carbons (Fsp3) is 0.0345. The average molecular weight is 386 g/mol. The van der Waals surface area contributed by atoms with Crippen molar-refractivity contribution in [3.63, 3.8) is 0 Å². The van der Waals surface area contributed by atoms with Gasteiger partial charge in [-0.15, -0.1) is 0 Å². The van der Waals surface area contributed by atoms with E-state index in [0.29, 0.717) is 0 Å². The molecule has 0 amide bonds. The van der Waals surface area contributed by atoms with Crippen LogP contribution in [0.1, 0.15) is 11.1 Å². The predicted molar refractivity (Wildman–Crippen MR) is 128 cm³/mol. The number of hydrogen-bond acceptors (Lipinski definition) is 1. The normalized spacial score (nSPS) is 11.6. The van der Waals surface area contributed by atoms with Crippen LogP contribution in [0.3, 0.4) is 0 Å². The van der Waals surface area contributed by atoms with Crippen molar-refractivity contribution < 1.29 is 0 Å². The van der Waals surface area contributed by atoms with Crippen LogP contribution in [0.5, 0.6) is 0 Å². The molecule has 1 heteroatoms. The van der Waals surface area contributed by atoms with Gasteiger partial charge in [-0.2, -0.15) is 0 Å². The first-order valence-electron chi connectivity index (χ1n) is 10.2. The van der Waals surface area contributed by atoms with Crippen molar-refractivity contribution in [1.82, 2.24) is 6.15 Å². The zero-order chi connectivity index (χ0) is 19.2. The lowest BCUT2D eigenvalue weighted by Gasteiger charge is -2.17. The summed E-state index contributed by atoms with van der Waals surface area (Å²) in [4.78, 5) is 0. The minimum Gasteiger partial charge on any atom is -0.344 e. The molecule has 0 heterocycles. The van der Waals surface area contributed by atoms with Crippen LogP contribution in [-0.4, -0.2) is 0 Å². The largest absolute Gasteiger partial charge is 0.344 e. The van der Waals surface area contributed by atoms with E-state index in [2.05, 4.69) is 109 Å². The van der Waals surface area contributed by atoms with Gasteiger partial charge < -0.3 is 6.15 Å². The van der Waals surface area contributed by atoms with Gasteiger partial charge in [-0.3, -0.25) is 0 Å². The van der Waals surface area contributed by atoms with E-state index in [0.717, 1.165) is 6.42 Å². The van der Waals surface area contributed by atoms with Crippen molar-refractivity contribution in [1.29, 1.82) is 0 Å². The minimum absolute atomic E-state index is 0. The Balaban J connectivity index is 0.00000193. The molecule has 1 aliphatic carbocycles. The molecule has 0 aromatic heterocycles. The van der Waals surface area contributed by atoms with E-state index < -0.39 is 0 Å². The second-order valence-electron chi connectivity index (χ2n) is 7.75. The van der Waals surface area contributed by atoms with Gasteiger partial charge in [-0.1, -0.05) is 109 Å². The molecule has 0 radical (unpaired) electrons. The summed E-state index contributed by atoms with van der Waals surface area (Å²) in [5.74, 6) is 0. The first-order valence-corrected chi connectivity index (χ1v) is 10.2. The maximum atomic E-state index is 2.31. The molecule has 0 saturated heterocycles. The van der Waals surface area contributed by atoms with Crippen LogP contribution in [0.25, 0.3) is 44.2 Å². The van der Waals surface area contributed by atoms with Gasteiger partial charge >= 0.3 is 0 Å². The fourth-order valence-corrected chi connectivity index (χ4v) is 4.80. The van der Waals surface area contributed by atoms with E-state index in [-0.39, 0.29) is 6.15 Å². The van der Waals surface area contributed by atoms with Crippen LogP contribution in [0.15, 0.2) is 109 Å². The highest BCUT2D eigenvalue weighted by atomic mass is 14.3. The second-order valence-corrected chi connectivity index (χ2v) is 7.75. The van der Waals surface area contributed by atoms with Gasteiger partial charge in [0.15, 0.2) is 0 Å². The molecule has 5 aromatic rings. The number of benzene rings is 5. The zero-order valence-corrected chi connectivity index (χ0v) is 16.8. The van der Waals surface area contributed by atoms with Crippen molar-refractivity contribution in [2.45, 2.75) is 6.42 Å². The van der Waals surface area contributed by atoms with Gasteiger partial charge in [0.2, 0.25) is 0 Å². The Morgan fingerprint density at radius 1 is 0.433 bits per heavy atom. The van der Waals surface area contributed by atoms with Gasteiger partial charge in [-0.05, 0) is 61.7 Å². The minimum atomic E-state index is 0. The Morgan fingerprint density at radius 3 is 1.83 bits per heavy atom. The Hall–Kier alpha value is -3.68. The molecular formula is C29H23N. The van der Waals surface area contributed by atoms with E-state index in [4.69, 9.17) is 0 Å². The molecule has 30 heavy (non-hydrogen) atoms. The summed E-state index contributed by atoms with van der Waals surface area (Å²) in [5, 5.41) is 2.68. The van der Waals surface area contributed by atoms with Crippen LogP contribution in [0.4, 0.5) is 0 Å². The smallest absolute Gasteiger partial charge is 0.00132 e. The number of fused-ring (bicyclic) bond motifs is 5. The van der Waals surface area contributed by atoms with E-state index in [1.165, 1.54) is 55.3 Å². The Labute approximate surface area is 177 Å². The van der Waals surface area contributed by atoms with Gasteiger partial charge in [0.05, 0.1) is 0 Å². The van der Waals surface area contributed by atoms with Crippen molar-refractivity contribution >= 4 is 10.8 Å². The SMILES string of the molecule is N.c1ccc(-c2ccc3ccc4c(c3c2-c2ccccc2)-c2ccccc2C4)cc1. The number of hydrogen-bond donors (Lipinski definition) is 1. The monoisotopic (exact) mass is 385 g/mol. The van der Waals surface area contributed by atoms with Crippen LogP contribution < -0.4 is 6.15 Å². The van der Waals surface area contributed by atoms with Crippen LogP contribution in [0.2, 0.25) is 0 Å². The predicted octanol–water partition coefficient (Wildman–Crippen LogP) is 7.91. The zero-order valence-electron chi connectivity index (χ0n) is 16.8. The summed E-state index contributed by atoms with van der Waals surface area (Å²) >= 11 is 0. The molecule has 6 rings (SSSR count). The first kappa shape index (κ1) is 18.4. The topological polar surface area (TPSA) is 35.0 Å². The molecule has 0 bridgehead atoms. The Bertz CT molecular complexity index is 1350. The Kier molecular flexibility index (Phi) is 4.46. The van der Waals surface area contributed by atoms with Crippen molar-refractivity contribution in [2.24, 2.45) is 0 Å². The molecule has 0 aliphatic heterocycles. The van der Waals surface area contributed by atoms with Gasteiger partial charge in [0.1, 0.15) is 0 Å². The summed E-state index contributed by atoms with van der Waals surface area (Å²) in [5.41, 5.74) is 10.8. The molecule has 5 aromatic carbocycles. The Morgan fingerprint density at radius 2 is 1.07 bits per heavy atom. The maximum Gasteiger partial charge on any atom is -0.00132 e. The molecule has 0 atom stereocenters.